The number of fused-ring (bicyclic) bond motifs is 1. The van der Waals surface area contributed by atoms with Crippen molar-refractivity contribution in [2.24, 2.45) is 5.92 Å². The molecule has 0 unspecified atom stereocenters. The third-order valence-corrected chi connectivity index (χ3v) is 7.10. The molecular weight excluding hydrogens is 406 g/mol. The van der Waals surface area contributed by atoms with Gasteiger partial charge in [0.05, 0.1) is 26.0 Å². The number of nitrogens with zero attached hydrogens (tertiary/aromatic N) is 5. The van der Waals surface area contributed by atoms with Crippen molar-refractivity contribution in [2.45, 2.75) is 38.6 Å². The fourth-order valence-electron chi connectivity index (χ4n) is 4.38. The maximum absolute atomic E-state index is 13.3. The topological polar surface area (TPSA) is 99.4 Å². The number of carbonyl (C=O) groups excluding carboxylic acids is 2. The molecule has 10 heteroatoms. The Morgan fingerprint density at radius 1 is 1.17 bits per heavy atom. The Balaban J connectivity index is 1.80. The maximum Gasteiger partial charge on any atom is 0.333 e. The summed E-state index contributed by atoms with van der Waals surface area (Å²) in [5.74, 6) is 0.998. The molecule has 2 aromatic rings. The predicted octanol–water partition coefficient (Wildman–Crippen LogP) is 2.00. The lowest BCUT2D eigenvalue weighted by atomic mass is 9.84. The van der Waals surface area contributed by atoms with Crippen LogP contribution in [0.4, 0.5) is 5.82 Å². The molecule has 2 aromatic heterocycles. The molecule has 162 valence electrons. The number of rotatable bonds is 7. The molecule has 4 rings (SSSR count). The van der Waals surface area contributed by atoms with Gasteiger partial charge in [-0.05, 0) is 32.4 Å². The molecule has 2 aliphatic rings. The summed E-state index contributed by atoms with van der Waals surface area (Å²) in [6.45, 7) is 6.00. The summed E-state index contributed by atoms with van der Waals surface area (Å²) in [4.78, 5) is 41.4. The van der Waals surface area contributed by atoms with Gasteiger partial charge in [-0.3, -0.25) is 9.36 Å². The highest BCUT2D eigenvalue weighted by atomic mass is 32.2. The summed E-state index contributed by atoms with van der Waals surface area (Å²) in [5, 5.41) is 0. The zero-order chi connectivity index (χ0) is 21.1. The zero-order valence-corrected chi connectivity index (χ0v) is 18.2. The molecule has 0 aliphatic carbocycles. The standard InChI is InChI=1S/C20H27N5O4S/c1-3-28-15(26)9-14-10-30-11-20(14,19(27)29-4-2)25-13-23-16-17(21-12-22-18(16)25)24-7-5-6-8-24/h12-14H,3-11H2,1-2H3/t14-,20+/m1/s1. The van der Waals surface area contributed by atoms with Crippen molar-refractivity contribution >= 4 is 40.7 Å². The molecule has 0 amide bonds. The first-order valence-electron chi connectivity index (χ1n) is 10.5. The van der Waals surface area contributed by atoms with Gasteiger partial charge in [-0.2, -0.15) is 11.8 Å². The minimum Gasteiger partial charge on any atom is -0.466 e. The number of carbonyl (C=O) groups is 2. The van der Waals surface area contributed by atoms with E-state index in [9.17, 15) is 9.59 Å². The van der Waals surface area contributed by atoms with Gasteiger partial charge in [0, 0.05) is 24.8 Å². The Morgan fingerprint density at radius 2 is 1.93 bits per heavy atom. The summed E-state index contributed by atoms with van der Waals surface area (Å²) >= 11 is 1.63. The number of hydrogen-bond acceptors (Lipinski definition) is 9. The molecule has 0 bridgehead atoms. The van der Waals surface area contributed by atoms with Crippen LogP contribution in [0.5, 0.6) is 0 Å². The fourth-order valence-corrected chi connectivity index (χ4v) is 5.98. The van der Waals surface area contributed by atoms with Crippen molar-refractivity contribution in [2.75, 3.05) is 42.7 Å². The highest BCUT2D eigenvalue weighted by Gasteiger charge is 2.54. The molecule has 2 atom stereocenters. The lowest BCUT2D eigenvalue weighted by Crippen LogP contribution is -2.49. The highest BCUT2D eigenvalue weighted by molar-refractivity contribution is 7.99. The largest absolute Gasteiger partial charge is 0.466 e. The number of anilines is 1. The molecule has 30 heavy (non-hydrogen) atoms. The summed E-state index contributed by atoms with van der Waals surface area (Å²) in [6.07, 6.45) is 5.56. The quantitative estimate of drug-likeness (QED) is 0.607. The highest BCUT2D eigenvalue weighted by Crippen LogP contribution is 2.44. The number of esters is 2. The van der Waals surface area contributed by atoms with Gasteiger partial charge in [-0.25, -0.2) is 19.7 Å². The number of thioether (sulfide) groups is 1. The molecule has 0 aromatic carbocycles. The number of ether oxygens (including phenoxy) is 2. The van der Waals surface area contributed by atoms with Gasteiger partial charge in [0.15, 0.2) is 22.5 Å². The number of aromatic nitrogens is 4. The third-order valence-electron chi connectivity index (χ3n) is 5.81. The smallest absolute Gasteiger partial charge is 0.333 e. The summed E-state index contributed by atoms with van der Waals surface area (Å²) < 4.78 is 12.5. The molecule has 2 saturated heterocycles. The minimum atomic E-state index is -1.06. The van der Waals surface area contributed by atoms with Gasteiger partial charge in [0.2, 0.25) is 0 Å². The van der Waals surface area contributed by atoms with Crippen LogP contribution in [0.2, 0.25) is 0 Å². The van der Waals surface area contributed by atoms with Crippen LogP contribution >= 0.6 is 11.8 Å². The van der Waals surface area contributed by atoms with Crippen LogP contribution in [0.15, 0.2) is 12.7 Å². The van der Waals surface area contributed by atoms with E-state index in [0.717, 1.165) is 31.7 Å². The zero-order valence-electron chi connectivity index (χ0n) is 17.4. The number of hydrogen-bond donors (Lipinski definition) is 0. The Morgan fingerprint density at radius 3 is 2.67 bits per heavy atom. The average molecular weight is 434 g/mol. The lowest BCUT2D eigenvalue weighted by Gasteiger charge is -2.33. The van der Waals surface area contributed by atoms with E-state index in [1.54, 1.807) is 31.9 Å². The van der Waals surface area contributed by atoms with Gasteiger partial charge in [0.25, 0.3) is 0 Å². The summed E-state index contributed by atoms with van der Waals surface area (Å²) in [5.41, 5.74) is 0.213. The van der Waals surface area contributed by atoms with Crippen molar-refractivity contribution in [3.8, 4) is 0 Å². The van der Waals surface area contributed by atoms with Gasteiger partial charge in [-0.15, -0.1) is 0 Å². The first-order valence-corrected chi connectivity index (χ1v) is 11.6. The second-order valence-corrected chi connectivity index (χ2v) is 8.57. The van der Waals surface area contributed by atoms with Crippen molar-refractivity contribution in [1.82, 2.24) is 19.5 Å². The lowest BCUT2D eigenvalue weighted by molar-refractivity contribution is -0.156. The molecule has 4 heterocycles. The van der Waals surface area contributed by atoms with E-state index in [2.05, 4.69) is 19.9 Å². The predicted molar refractivity (Wildman–Crippen MR) is 113 cm³/mol. The van der Waals surface area contributed by atoms with E-state index in [-0.39, 0.29) is 30.9 Å². The maximum atomic E-state index is 13.3. The van der Waals surface area contributed by atoms with Crippen molar-refractivity contribution in [1.29, 1.82) is 0 Å². The van der Waals surface area contributed by atoms with Crippen LogP contribution in [0.1, 0.15) is 33.1 Å². The minimum absolute atomic E-state index is 0.142. The summed E-state index contributed by atoms with van der Waals surface area (Å²) in [7, 11) is 0. The second-order valence-electron chi connectivity index (χ2n) is 7.54. The SMILES string of the molecule is CCOC(=O)C[C@@H]1CSC[C@]1(C(=O)OCC)n1cnc2c(N3CCCC3)ncnc21. The third kappa shape index (κ3) is 3.51. The average Bonchev–Trinajstić information content (AvgIpc) is 3.48. The van der Waals surface area contributed by atoms with Gasteiger partial charge < -0.3 is 14.4 Å². The van der Waals surface area contributed by atoms with E-state index in [1.165, 1.54) is 6.33 Å². The van der Waals surface area contributed by atoms with Crippen molar-refractivity contribution in [3.63, 3.8) is 0 Å². The Hall–Kier alpha value is -2.36. The molecule has 9 nitrogen and oxygen atoms in total. The first-order chi connectivity index (χ1) is 14.6. The van der Waals surface area contributed by atoms with E-state index in [4.69, 9.17) is 9.47 Å². The van der Waals surface area contributed by atoms with Crippen LogP contribution < -0.4 is 4.90 Å². The Bertz CT molecular complexity index is 929. The van der Waals surface area contributed by atoms with Gasteiger partial charge in [0.1, 0.15) is 6.33 Å². The normalized spacial score (nSPS) is 23.8. The first kappa shape index (κ1) is 20.9. The van der Waals surface area contributed by atoms with Gasteiger partial charge >= 0.3 is 11.9 Å². The molecule has 0 radical (unpaired) electrons. The van der Waals surface area contributed by atoms with Crippen LogP contribution in [0.3, 0.4) is 0 Å². The van der Waals surface area contributed by atoms with Crippen LogP contribution in [0.25, 0.3) is 11.2 Å². The van der Waals surface area contributed by atoms with Crippen LogP contribution in [-0.4, -0.2) is 69.3 Å². The number of imidazole rings is 1. The van der Waals surface area contributed by atoms with Crippen molar-refractivity contribution < 1.29 is 19.1 Å². The van der Waals surface area contributed by atoms with E-state index in [1.807, 2.05) is 4.57 Å². The van der Waals surface area contributed by atoms with Crippen LogP contribution in [-0.2, 0) is 24.6 Å². The Kier molecular flexibility index (Phi) is 6.12. The fraction of sp³-hybridized carbons (Fsp3) is 0.650. The van der Waals surface area contributed by atoms with Crippen molar-refractivity contribution in [3.05, 3.63) is 12.7 Å². The van der Waals surface area contributed by atoms with Crippen LogP contribution in [0, 0.1) is 5.92 Å². The molecule has 0 saturated carbocycles. The molecule has 2 fully saturated rings. The molecule has 0 N–H and O–H groups in total. The molecule has 2 aliphatic heterocycles. The Labute approximate surface area is 179 Å². The molecule has 0 spiro atoms. The monoisotopic (exact) mass is 433 g/mol. The molecular formula is C20H27N5O4S. The van der Waals surface area contributed by atoms with E-state index in [0.29, 0.717) is 29.3 Å². The van der Waals surface area contributed by atoms with E-state index >= 15 is 0 Å². The second kappa shape index (κ2) is 8.79. The van der Waals surface area contributed by atoms with E-state index < -0.39 is 5.54 Å². The summed E-state index contributed by atoms with van der Waals surface area (Å²) in [6, 6.07) is 0. The van der Waals surface area contributed by atoms with Gasteiger partial charge in [-0.1, -0.05) is 0 Å².